The van der Waals surface area contributed by atoms with Gasteiger partial charge in [0.25, 0.3) is 0 Å². The van der Waals surface area contributed by atoms with Crippen molar-refractivity contribution < 1.29 is 14.3 Å². The van der Waals surface area contributed by atoms with Gasteiger partial charge < -0.3 is 14.8 Å². The first-order valence-electron chi connectivity index (χ1n) is 8.80. The van der Waals surface area contributed by atoms with Crippen LogP contribution in [0.25, 0.3) is 0 Å². The summed E-state index contributed by atoms with van der Waals surface area (Å²) in [4.78, 5) is 11.6. The van der Waals surface area contributed by atoms with Crippen molar-refractivity contribution >= 4 is 5.97 Å². The molecule has 2 aromatic carbocycles. The second kappa shape index (κ2) is 8.79. The van der Waals surface area contributed by atoms with Crippen LogP contribution in [0.15, 0.2) is 60.7 Å². The summed E-state index contributed by atoms with van der Waals surface area (Å²) in [6, 6.07) is 20.8. The van der Waals surface area contributed by atoms with Gasteiger partial charge in [-0.3, -0.25) is 4.79 Å². The van der Waals surface area contributed by atoms with E-state index >= 15 is 0 Å². The summed E-state index contributed by atoms with van der Waals surface area (Å²) in [5.74, 6) is -0.168. The van der Waals surface area contributed by atoms with Crippen molar-refractivity contribution in [2.24, 2.45) is 5.92 Å². The van der Waals surface area contributed by atoms with Gasteiger partial charge in [0, 0.05) is 12.6 Å². The Kier molecular flexibility index (Phi) is 6.20. The van der Waals surface area contributed by atoms with Crippen LogP contribution in [0, 0.1) is 5.92 Å². The highest BCUT2D eigenvalue weighted by atomic mass is 16.5. The third-order valence-corrected chi connectivity index (χ3v) is 4.72. The zero-order valence-corrected chi connectivity index (χ0v) is 14.6. The molecule has 1 aliphatic rings. The van der Waals surface area contributed by atoms with E-state index in [1.165, 1.54) is 7.11 Å². The number of hydrogen-bond acceptors (Lipinski definition) is 4. The van der Waals surface area contributed by atoms with E-state index in [1.54, 1.807) is 0 Å². The highest BCUT2D eigenvalue weighted by molar-refractivity contribution is 5.72. The van der Waals surface area contributed by atoms with Crippen LogP contribution in [-0.2, 0) is 14.3 Å². The molecule has 0 amide bonds. The van der Waals surface area contributed by atoms with Crippen LogP contribution >= 0.6 is 0 Å². The fourth-order valence-corrected chi connectivity index (χ4v) is 3.28. The molecule has 1 heterocycles. The Balaban J connectivity index is 1.62. The Morgan fingerprint density at radius 2 is 1.64 bits per heavy atom. The maximum absolute atomic E-state index is 11.6. The average molecular weight is 339 g/mol. The van der Waals surface area contributed by atoms with E-state index in [1.807, 2.05) is 36.4 Å². The number of carbonyl (C=O) groups excluding carboxylic acids is 1. The van der Waals surface area contributed by atoms with Crippen molar-refractivity contribution in [2.75, 3.05) is 20.3 Å². The van der Waals surface area contributed by atoms with Gasteiger partial charge >= 0.3 is 5.97 Å². The summed E-state index contributed by atoms with van der Waals surface area (Å²) >= 11 is 0. The quantitative estimate of drug-likeness (QED) is 0.820. The average Bonchev–Trinajstić information content (AvgIpc) is 2.70. The van der Waals surface area contributed by atoms with Gasteiger partial charge in [0.2, 0.25) is 0 Å². The van der Waals surface area contributed by atoms with Gasteiger partial charge in [0.1, 0.15) is 6.10 Å². The molecule has 2 aromatic rings. The van der Waals surface area contributed by atoms with Crippen LogP contribution in [0.2, 0.25) is 0 Å². The molecule has 1 fully saturated rings. The monoisotopic (exact) mass is 339 g/mol. The van der Waals surface area contributed by atoms with Gasteiger partial charge in [-0.25, -0.2) is 0 Å². The second-order valence-electron chi connectivity index (χ2n) is 6.44. The number of esters is 1. The topological polar surface area (TPSA) is 47.6 Å². The molecule has 0 aliphatic carbocycles. The molecule has 132 valence electrons. The Bertz CT molecular complexity index is 612. The molecule has 25 heavy (non-hydrogen) atoms. The van der Waals surface area contributed by atoms with Crippen LogP contribution in [0.5, 0.6) is 0 Å². The van der Waals surface area contributed by atoms with Crippen LogP contribution in [0.4, 0.5) is 0 Å². The first-order valence-corrected chi connectivity index (χ1v) is 8.80. The predicted octanol–water partition coefficient (Wildman–Crippen LogP) is 3.33. The SMILES string of the molecule is COC(=O)C1CCC(COC(c2ccccc2)c2ccccc2)NC1. The molecule has 0 saturated carbocycles. The van der Waals surface area contributed by atoms with Crippen molar-refractivity contribution in [2.45, 2.75) is 25.0 Å². The van der Waals surface area contributed by atoms with E-state index in [-0.39, 0.29) is 24.0 Å². The molecular formula is C21H25NO3. The second-order valence-corrected chi connectivity index (χ2v) is 6.44. The van der Waals surface area contributed by atoms with Crippen molar-refractivity contribution in [3.63, 3.8) is 0 Å². The van der Waals surface area contributed by atoms with Crippen LogP contribution < -0.4 is 5.32 Å². The van der Waals surface area contributed by atoms with Crippen molar-refractivity contribution in [3.05, 3.63) is 71.8 Å². The molecule has 0 radical (unpaired) electrons. The largest absolute Gasteiger partial charge is 0.469 e. The molecule has 0 bridgehead atoms. The predicted molar refractivity (Wildman–Crippen MR) is 97.2 cm³/mol. The van der Waals surface area contributed by atoms with Gasteiger partial charge in [0.15, 0.2) is 0 Å². The molecule has 1 saturated heterocycles. The molecule has 4 heteroatoms. The summed E-state index contributed by atoms with van der Waals surface area (Å²) in [5.41, 5.74) is 2.30. The van der Waals surface area contributed by atoms with E-state index in [0.717, 1.165) is 24.0 Å². The fourth-order valence-electron chi connectivity index (χ4n) is 3.28. The lowest BCUT2D eigenvalue weighted by Crippen LogP contribution is -2.44. The van der Waals surface area contributed by atoms with E-state index in [4.69, 9.17) is 9.47 Å². The van der Waals surface area contributed by atoms with Gasteiger partial charge in [0.05, 0.1) is 19.6 Å². The zero-order chi connectivity index (χ0) is 17.5. The van der Waals surface area contributed by atoms with E-state index < -0.39 is 0 Å². The lowest BCUT2D eigenvalue weighted by atomic mass is 9.95. The third kappa shape index (κ3) is 4.68. The first-order chi connectivity index (χ1) is 12.3. The molecule has 2 unspecified atom stereocenters. The standard InChI is InChI=1S/C21H25NO3/c1-24-21(23)18-12-13-19(22-14-18)15-25-20(16-8-4-2-5-9-16)17-10-6-3-7-11-17/h2-11,18-20,22H,12-15H2,1H3. The lowest BCUT2D eigenvalue weighted by Gasteiger charge is -2.30. The van der Waals surface area contributed by atoms with E-state index in [0.29, 0.717) is 13.2 Å². The highest BCUT2D eigenvalue weighted by Crippen LogP contribution is 2.27. The number of rotatable bonds is 6. The maximum atomic E-state index is 11.6. The zero-order valence-electron chi connectivity index (χ0n) is 14.6. The summed E-state index contributed by atoms with van der Waals surface area (Å²) in [5, 5.41) is 3.42. The first kappa shape index (κ1) is 17.6. The smallest absolute Gasteiger partial charge is 0.309 e. The lowest BCUT2D eigenvalue weighted by molar-refractivity contribution is -0.146. The molecule has 1 N–H and O–H groups in total. The minimum absolute atomic E-state index is 0.0414. The molecular weight excluding hydrogens is 314 g/mol. The third-order valence-electron chi connectivity index (χ3n) is 4.72. The number of piperidine rings is 1. The summed E-state index contributed by atoms with van der Waals surface area (Å²) in [6.45, 7) is 1.27. The molecule has 0 spiro atoms. The number of nitrogens with one attached hydrogen (secondary N) is 1. The minimum Gasteiger partial charge on any atom is -0.469 e. The molecule has 3 rings (SSSR count). The van der Waals surface area contributed by atoms with Crippen LogP contribution in [0.1, 0.15) is 30.1 Å². The Morgan fingerprint density at radius 3 is 2.12 bits per heavy atom. The number of carbonyl (C=O) groups is 1. The number of benzene rings is 2. The number of methoxy groups -OCH3 is 1. The van der Waals surface area contributed by atoms with Crippen molar-refractivity contribution in [1.29, 1.82) is 0 Å². The maximum Gasteiger partial charge on any atom is 0.309 e. The van der Waals surface area contributed by atoms with Gasteiger partial charge in [-0.15, -0.1) is 0 Å². The molecule has 2 atom stereocenters. The molecule has 4 nitrogen and oxygen atoms in total. The fraction of sp³-hybridized carbons (Fsp3) is 0.381. The summed E-state index contributed by atoms with van der Waals surface area (Å²) in [6.07, 6.45) is 1.67. The number of hydrogen-bond donors (Lipinski definition) is 1. The van der Waals surface area contributed by atoms with Gasteiger partial charge in [-0.2, -0.15) is 0 Å². The Hall–Kier alpha value is -2.17. The van der Waals surface area contributed by atoms with Crippen molar-refractivity contribution in [3.8, 4) is 0 Å². The molecule has 1 aliphatic heterocycles. The number of ether oxygens (including phenoxy) is 2. The van der Waals surface area contributed by atoms with Gasteiger partial charge in [-0.1, -0.05) is 60.7 Å². The highest BCUT2D eigenvalue weighted by Gasteiger charge is 2.27. The summed E-state index contributed by atoms with van der Waals surface area (Å²) < 4.78 is 11.1. The van der Waals surface area contributed by atoms with Gasteiger partial charge in [-0.05, 0) is 24.0 Å². The van der Waals surface area contributed by atoms with Crippen LogP contribution in [0.3, 0.4) is 0 Å². The minimum atomic E-state index is -0.127. The normalized spacial score (nSPS) is 20.4. The van der Waals surface area contributed by atoms with E-state index in [9.17, 15) is 4.79 Å². The van der Waals surface area contributed by atoms with Crippen LogP contribution in [-0.4, -0.2) is 32.3 Å². The van der Waals surface area contributed by atoms with Crippen molar-refractivity contribution in [1.82, 2.24) is 5.32 Å². The Labute approximate surface area is 149 Å². The summed E-state index contributed by atoms with van der Waals surface area (Å²) in [7, 11) is 1.45. The molecule has 0 aromatic heterocycles. The van der Waals surface area contributed by atoms with E-state index in [2.05, 4.69) is 29.6 Å². The Morgan fingerprint density at radius 1 is 1.04 bits per heavy atom.